The van der Waals surface area contributed by atoms with Crippen LogP contribution in [0.2, 0.25) is 0 Å². The van der Waals surface area contributed by atoms with Crippen LogP contribution in [0.5, 0.6) is 0 Å². The zero-order valence-corrected chi connectivity index (χ0v) is 20.0. The molecule has 0 amide bonds. The van der Waals surface area contributed by atoms with E-state index in [1.165, 1.54) is 22.8 Å². The second kappa shape index (κ2) is 12.5. The Labute approximate surface area is 189 Å². The second-order valence-corrected chi connectivity index (χ2v) is 7.70. The number of terminal acetylenes is 1. The van der Waals surface area contributed by atoms with Crippen LogP contribution in [0.15, 0.2) is 36.4 Å². The van der Waals surface area contributed by atoms with Crippen LogP contribution in [0.4, 0.5) is 10.1 Å². The summed E-state index contributed by atoms with van der Waals surface area (Å²) in [5, 5.41) is 3.75. The zero-order valence-electron chi connectivity index (χ0n) is 20.0. The lowest BCUT2D eigenvalue weighted by Gasteiger charge is -2.40. The van der Waals surface area contributed by atoms with Gasteiger partial charge in [0.1, 0.15) is 5.82 Å². The standard InChI is InChI=1S/C24H27FN2.2C2H6/c1-3-17-5-7-21-20(15-17)9-12-26-24(21)19-10-13-27(14-11-19)23-8-6-18(4-2)16-22(23)25;2*1-2/h2,5-8,15-16,19,24,26H,3,9-14H2,1H3;2*1-2H3. The van der Waals surface area contributed by atoms with Crippen molar-refractivity contribution in [3.05, 3.63) is 64.5 Å². The maximum atomic E-state index is 14.4. The summed E-state index contributed by atoms with van der Waals surface area (Å²) < 4.78 is 14.4. The normalized spacial score (nSPS) is 18.0. The van der Waals surface area contributed by atoms with Gasteiger partial charge in [0.05, 0.1) is 5.69 Å². The maximum absolute atomic E-state index is 14.4. The van der Waals surface area contributed by atoms with Gasteiger partial charge in [-0.25, -0.2) is 4.39 Å². The third-order valence-electron chi connectivity index (χ3n) is 6.18. The summed E-state index contributed by atoms with van der Waals surface area (Å²) >= 11 is 0. The van der Waals surface area contributed by atoms with Crippen molar-refractivity contribution < 1.29 is 4.39 Å². The van der Waals surface area contributed by atoms with E-state index in [9.17, 15) is 4.39 Å². The monoisotopic (exact) mass is 422 g/mol. The van der Waals surface area contributed by atoms with Crippen LogP contribution >= 0.6 is 0 Å². The van der Waals surface area contributed by atoms with Gasteiger partial charge in [0, 0.05) is 24.7 Å². The van der Waals surface area contributed by atoms with Crippen molar-refractivity contribution in [1.29, 1.82) is 0 Å². The molecule has 168 valence electrons. The van der Waals surface area contributed by atoms with Crippen LogP contribution in [0.3, 0.4) is 0 Å². The van der Waals surface area contributed by atoms with E-state index in [0.717, 1.165) is 45.3 Å². The second-order valence-electron chi connectivity index (χ2n) is 7.70. The molecule has 1 unspecified atom stereocenters. The number of hydrogen-bond donors (Lipinski definition) is 1. The number of hydrogen-bond acceptors (Lipinski definition) is 2. The maximum Gasteiger partial charge on any atom is 0.147 e. The predicted octanol–water partition coefficient (Wildman–Crippen LogP) is 6.53. The van der Waals surface area contributed by atoms with Crippen molar-refractivity contribution in [2.24, 2.45) is 5.92 Å². The lowest BCUT2D eigenvalue weighted by molar-refractivity contribution is 0.290. The third-order valence-corrected chi connectivity index (χ3v) is 6.18. The molecule has 2 nitrogen and oxygen atoms in total. The number of nitrogens with zero attached hydrogens (tertiary/aromatic N) is 1. The number of anilines is 1. The van der Waals surface area contributed by atoms with Gasteiger partial charge in [0.15, 0.2) is 0 Å². The molecule has 0 saturated carbocycles. The van der Waals surface area contributed by atoms with E-state index < -0.39 is 0 Å². The Balaban J connectivity index is 0.000000807. The fourth-order valence-corrected chi connectivity index (χ4v) is 4.62. The van der Waals surface area contributed by atoms with Crippen LogP contribution in [0, 0.1) is 24.1 Å². The molecule has 0 aromatic heterocycles. The number of piperidine rings is 1. The molecule has 2 heterocycles. The van der Waals surface area contributed by atoms with E-state index in [0.29, 0.717) is 23.2 Å². The van der Waals surface area contributed by atoms with Crippen molar-refractivity contribution in [3.8, 4) is 12.3 Å². The van der Waals surface area contributed by atoms with E-state index in [-0.39, 0.29) is 5.82 Å². The summed E-state index contributed by atoms with van der Waals surface area (Å²) in [7, 11) is 0. The molecule has 0 aliphatic carbocycles. The number of aryl methyl sites for hydroxylation is 1. The Morgan fingerprint density at radius 2 is 1.77 bits per heavy atom. The van der Waals surface area contributed by atoms with E-state index in [4.69, 9.17) is 6.42 Å². The summed E-state index contributed by atoms with van der Waals surface area (Å²) in [5.41, 5.74) is 5.69. The molecule has 0 bridgehead atoms. The molecule has 2 aliphatic rings. The molecule has 31 heavy (non-hydrogen) atoms. The molecule has 1 N–H and O–H groups in total. The highest BCUT2D eigenvalue weighted by Gasteiger charge is 2.31. The van der Waals surface area contributed by atoms with Gasteiger partial charge in [-0.05, 0) is 73.0 Å². The van der Waals surface area contributed by atoms with E-state index in [1.807, 2.05) is 39.8 Å². The first-order valence-electron chi connectivity index (χ1n) is 12.1. The molecule has 1 atom stereocenters. The molecule has 2 aromatic rings. The van der Waals surface area contributed by atoms with E-state index in [2.05, 4.69) is 41.3 Å². The number of fused-ring (bicyclic) bond motifs is 1. The van der Waals surface area contributed by atoms with Crippen LogP contribution in [-0.2, 0) is 12.8 Å². The van der Waals surface area contributed by atoms with Crippen LogP contribution in [0.1, 0.15) is 75.8 Å². The summed E-state index contributed by atoms with van der Waals surface area (Å²) in [5.74, 6) is 2.89. The molecule has 4 rings (SSSR count). The van der Waals surface area contributed by atoms with Gasteiger partial charge in [0.2, 0.25) is 0 Å². The number of nitrogens with one attached hydrogen (secondary N) is 1. The van der Waals surface area contributed by atoms with Crippen molar-refractivity contribution in [2.75, 3.05) is 24.5 Å². The molecule has 0 spiro atoms. The van der Waals surface area contributed by atoms with Gasteiger partial charge in [-0.2, -0.15) is 0 Å². The quantitative estimate of drug-likeness (QED) is 0.566. The Hall–Kier alpha value is -2.31. The first kappa shape index (κ1) is 25.0. The SMILES string of the molecule is C#Cc1ccc(N2CCC(C3NCCc4cc(CC)ccc43)CC2)c(F)c1.CC.CC. The lowest BCUT2D eigenvalue weighted by atomic mass is 9.80. The van der Waals surface area contributed by atoms with Crippen LogP contribution in [0.25, 0.3) is 0 Å². The first-order chi connectivity index (χ1) is 15.2. The summed E-state index contributed by atoms with van der Waals surface area (Å²) in [6, 6.07) is 12.5. The molecule has 3 heteroatoms. The van der Waals surface area contributed by atoms with Crippen LogP contribution < -0.4 is 10.2 Å². The largest absolute Gasteiger partial charge is 0.369 e. The molecule has 1 saturated heterocycles. The van der Waals surface area contributed by atoms with E-state index >= 15 is 0 Å². The molecular weight excluding hydrogens is 383 g/mol. The molecule has 2 aromatic carbocycles. The fraction of sp³-hybridized carbons (Fsp3) is 0.500. The van der Waals surface area contributed by atoms with Gasteiger partial charge in [0.25, 0.3) is 0 Å². The van der Waals surface area contributed by atoms with Crippen molar-refractivity contribution in [1.82, 2.24) is 5.32 Å². The first-order valence-corrected chi connectivity index (χ1v) is 12.1. The number of halogens is 1. The van der Waals surface area contributed by atoms with Gasteiger partial charge >= 0.3 is 0 Å². The van der Waals surface area contributed by atoms with Crippen molar-refractivity contribution >= 4 is 5.69 Å². The highest BCUT2D eigenvalue weighted by molar-refractivity contribution is 5.52. The summed E-state index contributed by atoms with van der Waals surface area (Å²) in [6.07, 6.45) is 9.72. The lowest BCUT2D eigenvalue weighted by Crippen LogP contribution is -2.41. The van der Waals surface area contributed by atoms with Crippen molar-refractivity contribution in [3.63, 3.8) is 0 Å². The third kappa shape index (κ3) is 5.89. The Bertz CT molecular complexity index is 860. The zero-order chi connectivity index (χ0) is 22.8. The average Bonchev–Trinajstić information content (AvgIpc) is 2.85. The number of rotatable bonds is 3. The highest BCUT2D eigenvalue weighted by atomic mass is 19.1. The predicted molar refractivity (Wildman–Crippen MR) is 132 cm³/mol. The minimum atomic E-state index is -0.211. The molecule has 2 aliphatic heterocycles. The topological polar surface area (TPSA) is 15.3 Å². The van der Waals surface area contributed by atoms with Gasteiger partial charge < -0.3 is 10.2 Å². The minimum absolute atomic E-state index is 0.211. The molecular formula is C28H39FN2. The summed E-state index contributed by atoms with van der Waals surface area (Å²) in [6.45, 7) is 13.0. The Morgan fingerprint density at radius 1 is 1.06 bits per heavy atom. The Morgan fingerprint density at radius 3 is 2.39 bits per heavy atom. The molecule has 1 fully saturated rings. The highest BCUT2D eigenvalue weighted by Crippen LogP contribution is 2.36. The molecule has 0 radical (unpaired) electrons. The van der Waals surface area contributed by atoms with E-state index in [1.54, 1.807) is 0 Å². The smallest absolute Gasteiger partial charge is 0.147 e. The number of benzene rings is 2. The van der Waals surface area contributed by atoms with Crippen LogP contribution in [-0.4, -0.2) is 19.6 Å². The Kier molecular flexibility index (Phi) is 10.1. The average molecular weight is 423 g/mol. The minimum Gasteiger partial charge on any atom is -0.369 e. The van der Waals surface area contributed by atoms with Crippen molar-refractivity contribution in [2.45, 2.75) is 66.3 Å². The van der Waals surface area contributed by atoms with Gasteiger partial charge in [-0.1, -0.05) is 58.7 Å². The summed E-state index contributed by atoms with van der Waals surface area (Å²) in [4.78, 5) is 2.16. The fourth-order valence-electron chi connectivity index (χ4n) is 4.62. The van der Waals surface area contributed by atoms with Gasteiger partial charge in [-0.3, -0.25) is 0 Å². The van der Waals surface area contributed by atoms with Gasteiger partial charge in [-0.15, -0.1) is 6.42 Å².